The number of halogens is 2. The van der Waals surface area contributed by atoms with Gasteiger partial charge >= 0.3 is 0 Å². The third kappa shape index (κ3) is 5.92. The largest absolute Gasteiger partial charge is 0.488 e. The van der Waals surface area contributed by atoms with Gasteiger partial charge in [-0.15, -0.1) is 0 Å². The van der Waals surface area contributed by atoms with E-state index in [0.717, 1.165) is 26.7 Å². The molecule has 1 aliphatic heterocycles. The highest BCUT2D eigenvalue weighted by Crippen LogP contribution is 2.35. The van der Waals surface area contributed by atoms with E-state index in [9.17, 15) is 18.8 Å². The highest BCUT2D eigenvalue weighted by molar-refractivity contribution is 9.10. The first-order valence-electron chi connectivity index (χ1n) is 10.2. The average molecular weight is 541 g/mol. The van der Waals surface area contributed by atoms with Crippen LogP contribution in [0, 0.1) is 5.82 Å². The average Bonchev–Trinajstić information content (AvgIpc) is 3.07. The van der Waals surface area contributed by atoms with Crippen LogP contribution in [0.25, 0.3) is 6.08 Å². The van der Waals surface area contributed by atoms with E-state index in [-0.39, 0.29) is 23.9 Å². The van der Waals surface area contributed by atoms with E-state index in [1.54, 1.807) is 60.7 Å². The first-order valence-corrected chi connectivity index (χ1v) is 11.8. The lowest BCUT2D eigenvalue weighted by atomic mass is 10.1. The number of ether oxygens (including phenoxy) is 1. The van der Waals surface area contributed by atoms with Crippen molar-refractivity contribution < 1.29 is 23.5 Å². The van der Waals surface area contributed by atoms with Crippen molar-refractivity contribution in [2.24, 2.45) is 0 Å². The first-order chi connectivity index (χ1) is 16.4. The van der Waals surface area contributed by atoms with Crippen LogP contribution in [0.15, 0.2) is 82.2 Å². The molecule has 0 spiro atoms. The second kappa shape index (κ2) is 10.7. The number of amides is 3. The number of carbonyl (C=O) groups excluding carboxylic acids is 3. The molecule has 3 aromatic carbocycles. The molecule has 1 saturated heterocycles. The Kier molecular flexibility index (Phi) is 7.44. The lowest BCUT2D eigenvalue weighted by molar-refractivity contribution is -0.127. The molecule has 9 heteroatoms. The van der Waals surface area contributed by atoms with E-state index >= 15 is 0 Å². The fourth-order valence-corrected chi connectivity index (χ4v) is 4.36. The van der Waals surface area contributed by atoms with Crippen LogP contribution in [0.2, 0.25) is 0 Å². The molecule has 0 unspecified atom stereocenters. The topological polar surface area (TPSA) is 75.7 Å². The van der Waals surface area contributed by atoms with Crippen molar-refractivity contribution in [2.75, 3.05) is 11.9 Å². The zero-order valence-corrected chi connectivity index (χ0v) is 20.1. The predicted octanol–water partition coefficient (Wildman–Crippen LogP) is 5.84. The van der Waals surface area contributed by atoms with Crippen molar-refractivity contribution in [3.8, 4) is 5.75 Å². The molecule has 1 aliphatic rings. The number of nitrogens with zero attached hydrogens (tertiary/aromatic N) is 1. The second-order valence-electron chi connectivity index (χ2n) is 7.28. The number of hydrogen-bond acceptors (Lipinski definition) is 5. The summed E-state index contributed by atoms with van der Waals surface area (Å²) in [6.45, 7) is -0.187. The number of carbonyl (C=O) groups is 3. The van der Waals surface area contributed by atoms with Gasteiger partial charge in [-0.1, -0.05) is 46.3 Å². The van der Waals surface area contributed by atoms with Crippen LogP contribution >= 0.6 is 27.7 Å². The summed E-state index contributed by atoms with van der Waals surface area (Å²) in [5, 5.41) is 2.14. The molecule has 0 saturated carbocycles. The third-order valence-electron chi connectivity index (χ3n) is 4.80. The van der Waals surface area contributed by atoms with Gasteiger partial charge in [0, 0.05) is 15.7 Å². The number of imide groups is 1. The molecule has 34 heavy (non-hydrogen) atoms. The van der Waals surface area contributed by atoms with Gasteiger partial charge in [0.15, 0.2) is 0 Å². The Balaban J connectivity index is 1.48. The normalized spacial score (nSPS) is 14.5. The predicted molar refractivity (Wildman–Crippen MR) is 133 cm³/mol. The van der Waals surface area contributed by atoms with E-state index in [0.29, 0.717) is 17.0 Å². The molecular formula is C25H18BrFN2O4S. The van der Waals surface area contributed by atoms with Crippen LogP contribution in [0.4, 0.5) is 14.9 Å². The molecule has 6 nitrogen and oxygen atoms in total. The molecule has 3 aromatic rings. The highest BCUT2D eigenvalue weighted by Gasteiger charge is 2.36. The number of nitrogens with one attached hydrogen (secondary N) is 1. The van der Waals surface area contributed by atoms with Gasteiger partial charge in [-0.25, -0.2) is 4.39 Å². The monoisotopic (exact) mass is 540 g/mol. The van der Waals surface area contributed by atoms with Crippen molar-refractivity contribution in [3.05, 3.63) is 99.1 Å². The standard InChI is InChI=1S/C25H18BrFN2O4S/c26-18-8-11-21(33-15-16-6-9-19(27)10-7-16)17(12-18)13-22-24(31)29(25(32)34-22)14-23(30)28-20-4-2-1-3-5-20/h1-13H,14-15H2,(H,28,30)/b22-13-. The molecular weight excluding hydrogens is 523 g/mol. The molecule has 0 aromatic heterocycles. The quantitative estimate of drug-likeness (QED) is 0.381. The van der Waals surface area contributed by atoms with Gasteiger partial charge < -0.3 is 10.1 Å². The van der Waals surface area contributed by atoms with E-state index < -0.39 is 17.1 Å². The van der Waals surface area contributed by atoms with E-state index in [4.69, 9.17) is 4.74 Å². The summed E-state index contributed by atoms with van der Waals surface area (Å²) in [5.41, 5.74) is 1.93. The minimum atomic E-state index is -0.553. The third-order valence-corrected chi connectivity index (χ3v) is 6.20. The molecule has 4 rings (SSSR count). The molecule has 0 atom stereocenters. The maximum absolute atomic E-state index is 13.1. The second-order valence-corrected chi connectivity index (χ2v) is 9.19. The Hall–Kier alpha value is -3.43. The van der Waals surface area contributed by atoms with Gasteiger partial charge in [0.2, 0.25) is 5.91 Å². The Morgan fingerprint density at radius 2 is 1.79 bits per heavy atom. The molecule has 0 bridgehead atoms. The Morgan fingerprint density at radius 3 is 2.53 bits per heavy atom. The minimum Gasteiger partial charge on any atom is -0.488 e. The van der Waals surface area contributed by atoms with Crippen LogP contribution in [0.1, 0.15) is 11.1 Å². The first kappa shape index (κ1) is 23.7. The number of anilines is 1. The Bertz CT molecular complexity index is 1270. The number of benzene rings is 3. The fraction of sp³-hybridized carbons (Fsp3) is 0.0800. The van der Waals surface area contributed by atoms with Crippen molar-refractivity contribution in [1.82, 2.24) is 4.90 Å². The zero-order valence-electron chi connectivity index (χ0n) is 17.7. The Labute approximate surface area is 207 Å². The van der Waals surface area contributed by atoms with Crippen LogP contribution in [-0.2, 0) is 16.2 Å². The molecule has 172 valence electrons. The summed E-state index contributed by atoms with van der Waals surface area (Å²) >= 11 is 4.17. The van der Waals surface area contributed by atoms with Gasteiger partial charge in [-0.2, -0.15) is 0 Å². The van der Waals surface area contributed by atoms with Crippen molar-refractivity contribution in [2.45, 2.75) is 6.61 Å². The van der Waals surface area contributed by atoms with E-state index in [2.05, 4.69) is 21.2 Å². The van der Waals surface area contributed by atoms with Crippen molar-refractivity contribution >= 4 is 56.5 Å². The summed E-state index contributed by atoms with van der Waals surface area (Å²) in [6.07, 6.45) is 1.56. The molecule has 3 amide bonds. The van der Waals surface area contributed by atoms with Gasteiger partial charge in [-0.3, -0.25) is 19.3 Å². The molecule has 0 radical (unpaired) electrons. The molecule has 1 heterocycles. The summed E-state index contributed by atoms with van der Waals surface area (Å²) in [4.78, 5) is 38.7. The van der Waals surface area contributed by atoms with Gasteiger partial charge in [0.25, 0.3) is 11.1 Å². The lowest BCUT2D eigenvalue weighted by Crippen LogP contribution is -2.36. The maximum atomic E-state index is 13.1. The number of rotatable bonds is 7. The Morgan fingerprint density at radius 1 is 1.06 bits per heavy atom. The van der Waals surface area contributed by atoms with Gasteiger partial charge in [-0.05, 0) is 65.9 Å². The lowest BCUT2D eigenvalue weighted by Gasteiger charge is -2.12. The highest BCUT2D eigenvalue weighted by atomic mass is 79.9. The number of para-hydroxylation sites is 1. The van der Waals surface area contributed by atoms with Crippen molar-refractivity contribution in [1.29, 1.82) is 0 Å². The van der Waals surface area contributed by atoms with Crippen LogP contribution < -0.4 is 10.1 Å². The molecule has 1 N–H and O–H groups in total. The summed E-state index contributed by atoms with van der Waals surface area (Å²) in [6, 6.07) is 20.0. The number of hydrogen-bond donors (Lipinski definition) is 1. The number of thioether (sulfide) groups is 1. The van der Waals surface area contributed by atoms with Gasteiger partial charge in [0.05, 0.1) is 4.91 Å². The zero-order chi connectivity index (χ0) is 24.1. The van der Waals surface area contributed by atoms with Crippen molar-refractivity contribution in [3.63, 3.8) is 0 Å². The minimum absolute atomic E-state index is 0.183. The molecule has 0 aliphatic carbocycles. The van der Waals surface area contributed by atoms with Crippen LogP contribution in [0.5, 0.6) is 5.75 Å². The maximum Gasteiger partial charge on any atom is 0.294 e. The van der Waals surface area contributed by atoms with E-state index in [1.165, 1.54) is 12.1 Å². The smallest absolute Gasteiger partial charge is 0.294 e. The SMILES string of the molecule is O=C(CN1C(=O)S/C(=C\c2cc(Br)ccc2OCc2ccc(F)cc2)C1=O)Nc1ccccc1. The summed E-state index contributed by atoms with van der Waals surface area (Å²) < 4.78 is 19.8. The fourth-order valence-electron chi connectivity index (χ4n) is 3.15. The molecule has 1 fully saturated rings. The van der Waals surface area contributed by atoms with E-state index in [1.807, 2.05) is 6.07 Å². The summed E-state index contributed by atoms with van der Waals surface area (Å²) in [7, 11) is 0. The summed E-state index contributed by atoms with van der Waals surface area (Å²) in [5.74, 6) is -0.870. The van der Waals surface area contributed by atoms with Gasteiger partial charge in [0.1, 0.15) is 24.7 Å². The van der Waals surface area contributed by atoms with Crippen LogP contribution in [-0.4, -0.2) is 28.5 Å². The van der Waals surface area contributed by atoms with Crippen LogP contribution in [0.3, 0.4) is 0 Å².